The minimum absolute atomic E-state index is 0.0544. The molecule has 35 heavy (non-hydrogen) atoms. The Kier molecular flexibility index (Phi) is 7.47. The topological polar surface area (TPSA) is 65.1 Å². The average molecular weight is 732 g/mol. The summed E-state index contributed by atoms with van der Waals surface area (Å²) in [7, 11) is 0. The number of ether oxygens (including phenoxy) is 3. The lowest BCUT2D eigenvalue weighted by Crippen LogP contribution is -2.27. The minimum Gasteiger partial charge on any atom is -0.487 e. The van der Waals surface area contributed by atoms with E-state index in [2.05, 4.69) is 45.2 Å². The number of hydrogen-bond donors (Lipinski definition) is 0. The van der Waals surface area contributed by atoms with Gasteiger partial charge in [-0.05, 0) is 97.9 Å². The molecule has 0 aliphatic carbocycles. The van der Waals surface area contributed by atoms with Crippen molar-refractivity contribution in [1.82, 2.24) is 4.90 Å². The second-order valence-corrected chi connectivity index (χ2v) is 11.4. The monoisotopic (exact) mass is 731 g/mol. The standard InChI is InChI=1S/C25H16ClI2NO5S/c26-17-10-21-20(33-13-34-21)9-16(17)11-29-24(30)22(35-25(29)31)8-15-6-18(27)23(19(28)7-15)32-12-14-4-2-1-3-5-14/h1-10H,11-13H2/b22-8-. The molecule has 2 amide bonds. The lowest BCUT2D eigenvalue weighted by Gasteiger charge is -2.14. The fraction of sp³-hybridized carbons (Fsp3) is 0.120. The first-order valence-electron chi connectivity index (χ1n) is 10.4. The Bertz CT molecular complexity index is 1340. The summed E-state index contributed by atoms with van der Waals surface area (Å²) in [4.78, 5) is 27.2. The molecular formula is C25H16ClI2NO5S. The van der Waals surface area contributed by atoms with Gasteiger partial charge in [0.15, 0.2) is 11.5 Å². The summed E-state index contributed by atoms with van der Waals surface area (Å²) in [6, 6.07) is 17.2. The van der Waals surface area contributed by atoms with Crippen LogP contribution in [0.3, 0.4) is 0 Å². The second-order valence-electron chi connectivity index (χ2n) is 7.65. The predicted octanol–water partition coefficient (Wildman–Crippen LogP) is 7.09. The summed E-state index contributed by atoms with van der Waals surface area (Å²) in [5, 5.41) is 0.0645. The van der Waals surface area contributed by atoms with E-state index in [9.17, 15) is 9.59 Å². The number of hydrogen-bond acceptors (Lipinski definition) is 6. The normalized spacial score (nSPS) is 15.9. The molecule has 0 spiro atoms. The number of rotatable bonds is 6. The van der Waals surface area contributed by atoms with E-state index in [0.29, 0.717) is 33.6 Å². The van der Waals surface area contributed by atoms with Gasteiger partial charge in [-0.25, -0.2) is 0 Å². The first-order valence-corrected chi connectivity index (χ1v) is 13.7. The van der Waals surface area contributed by atoms with Crippen molar-refractivity contribution in [3.8, 4) is 17.2 Å². The van der Waals surface area contributed by atoms with Gasteiger partial charge < -0.3 is 14.2 Å². The van der Waals surface area contributed by atoms with Gasteiger partial charge in [0.25, 0.3) is 11.1 Å². The van der Waals surface area contributed by atoms with E-state index in [1.807, 2.05) is 42.5 Å². The third kappa shape index (κ3) is 5.42. The lowest BCUT2D eigenvalue weighted by atomic mass is 10.1. The van der Waals surface area contributed by atoms with Gasteiger partial charge in [-0.15, -0.1) is 0 Å². The molecule has 6 nitrogen and oxygen atoms in total. The molecular weight excluding hydrogens is 716 g/mol. The van der Waals surface area contributed by atoms with Gasteiger partial charge >= 0.3 is 0 Å². The van der Waals surface area contributed by atoms with Crippen molar-refractivity contribution < 1.29 is 23.8 Å². The number of nitrogens with zero attached hydrogens (tertiary/aromatic N) is 1. The molecule has 0 atom stereocenters. The maximum absolute atomic E-state index is 13.1. The van der Waals surface area contributed by atoms with Crippen molar-refractivity contribution in [2.75, 3.05) is 6.79 Å². The first kappa shape index (κ1) is 24.7. The van der Waals surface area contributed by atoms with E-state index in [4.69, 9.17) is 25.8 Å². The maximum Gasteiger partial charge on any atom is 0.293 e. The lowest BCUT2D eigenvalue weighted by molar-refractivity contribution is -0.123. The smallest absolute Gasteiger partial charge is 0.293 e. The largest absolute Gasteiger partial charge is 0.487 e. The van der Waals surface area contributed by atoms with Crippen LogP contribution >= 0.6 is 68.5 Å². The summed E-state index contributed by atoms with van der Waals surface area (Å²) in [5.41, 5.74) is 2.51. The van der Waals surface area contributed by atoms with Crippen molar-refractivity contribution in [3.63, 3.8) is 0 Å². The van der Waals surface area contributed by atoms with E-state index < -0.39 is 0 Å². The van der Waals surface area contributed by atoms with Gasteiger partial charge in [0.2, 0.25) is 6.79 Å². The highest BCUT2D eigenvalue weighted by molar-refractivity contribution is 14.1. The van der Waals surface area contributed by atoms with Crippen LogP contribution in [0, 0.1) is 7.14 Å². The van der Waals surface area contributed by atoms with Crippen LogP contribution in [-0.2, 0) is 17.9 Å². The van der Waals surface area contributed by atoms with Gasteiger partial charge in [-0.3, -0.25) is 14.5 Å². The summed E-state index contributed by atoms with van der Waals surface area (Å²) in [6.07, 6.45) is 1.73. The molecule has 2 heterocycles. The van der Waals surface area contributed by atoms with Crippen molar-refractivity contribution >= 4 is 85.8 Å². The van der Waals surface area contributed by atoms with Crippen molar-refractivity contribution in [2.24, 2.45) is 0 Å². The van der Waals surface area contributed by atoms with Crippen LogP contribution in [0.15, 0.2) is 59.5 Å². The molecule has 10 heteroatoms. The van der Waals surface area contributed by atoms with Gasteiger partial charge in [0.1, 0.15) is 12.4 Å². The molecule has 0 aromatic heterocycles. The van der Waals surface area contributed by atoms with Gasteiger partial charge in [0, 0.05) is 11.1 Å². The first-order chi connectivity index (χ1) is 16.9. The Morgan fingerprint density at radius 2 is 1.71 bits per heavy atom. The van der Waals surface area contributed by atoms with Crippen molar-refractivity contribution in [3.05, 3.63) is 88.4 Å². The number of benzene rings is 3. The molecule has 0 N–H and O–H groups in total. The number of fused-ring (bicyclic) bond motifs is 1. The Hall–Kier alpha value is -1.96. The van der Waals surface area contributed by atoms with Crippen LogP contribution in [0.2, 0.25) is 5.02 Å². The molecule has 0 unspecified atom stereocenters. The van der Waals surface area contributed by atoms with E-state index >= 15 is 0 Å². The fourth-order valence-electron chi connectivity index (χ4n) is 3.57. The van der Waals surface area contributed by atoms with E-state index in [-0.39, 0.29) is 24.5 Å². The number of carbonyl (C=O) groups is 2. The molecule has 0 bridgehead atoms. The minimum atomic E-state index is -0.358. The number of amides is 2. The van der Waals surface area contributed by atoms with Gasteiger partial charge in [-0.1, -0.05) is 41.9 Å². The zero-order valence-corrected chi connectivity index (χ0v) is 23.8. The highest BCUT2D eigenvalue weighted by Gasteiger charge is 2.36. The number of imide groups is 1. The molecule has 2 aliphatic rings. The Balaban J connectivity index is 1.33. The highest BCUT2D eigenvalue weighted by Crippen LogP contribution is 2.40. The van der Waals surface area contributed by atoms with Gasteiger partial charge in [-0.2, -0.15) is 0 Å². The molecule has 3 aromatic carbocycles. The molecule has 178 valence electrons. The van der Waals surface area contributed by atoms with Crippen molar-refractivity contribution in [2.45, 2.75) is 13.2 Å². The number of carbonyl (C=O) groups excluding carboxylic acids is 2. The van der Waals surface area contributed by atoms with Crippen LogP contribution in [0.4, 0.5) is 4.79 Å². The van der Waals surface area contributed by atoms with Crippen LogP contribution in [0.5, 0.6) is 17.2 Å². The molecule has 2 aliphatic heterocycles. The highest BCUT2D eigenvalue weighted by atomic mass is 127. The molecule has 1 fully saturated rings. The summed E-state index contributed by atoms with van der Waals surface area (Å²) in [6.45, 7) is 0.638. The fourth-order valence-corrected chi connectivity index (χ4v) is 6.75. The number of thioether (sulfide) groups is 1. The molecule has 3 aromatic rings. The van der Waals surface area contributed by atoms with E-state index in [0.717, 1.165) is 35.8 Å². The third-order valence-electron chi connectivity index (χ3n) is 5.29. The zero-order valence-electron chi connectivity index (χ0n) is 17.9. The van der Waals surface area contributed by atoms with Crippen LogP contribution in [0.25, 0.3) is 6.08 Å². The Morgan fingerprint density at radius 3 is 2.43 bits per heavy atom. The molecule has 0 radical (unpaired) electrons. The van der Waals surface area contributed by atoms with Crippen molar-refractivity contribution in [1.29, 1.82) is 0 Å². The van der Waals surface area contributed by atoms with Crippen LogP contribution < -0.4 is 14.2 Å². The summed E-state index contributed by atoms with van der Waals surface area (Å²) < 4.78 is 18.6. The predicted molar refractivity (Wildman–Crippen MR) is 152 cm³/mol. The quantitative estimate of drug-likeness (QED) is 0.199. The Labute approximate surface area is 238 Å². The van der Waals surface area contributed by atoms with E-state index in [1.54, 1.807) is 18.2 Å². The van der Waals surface area contributed by atoms with E-state index in [1.165, 1.54) is 4.90 Å². The molecule has 1 saturated heterocycles. The average Bonchev–Trinajstić information content (AvgIpc) is 3.38. The second kappa shape index (κ2) is 10.6. The third-order valence-corrected chi connectivity index (χ3v) is 8.15. The van der Waals surface area contributed by atoms with Crippen LogP contribution in [-0.4, -0.2) is 22.8 Å². The van der Waals surface area contributed by atoms with Crippen LogP contribution in [0.1, 0.15) is 16.7 Å². The Morgan fingerprint density at radius 1 is 1.03 bits per heavy atom. The summed E-state index contributed by atoms with van der Waals surface area (Å²) in [5.74, 6) is 1.53. The SMILES string of the molecule is O=C1S/C(=C\c2cc(I)c(OCc3ccccc3)c(I)c2)C(=O)N1Cc1cc2c(cc1Cl)OCO2. The van der Waals surface area contributed by atoms with Gasteiger partial charge in [0.05, 0.1) is 18.6 Å². The maximum atomic E-state index is 13.1. The zero-order chi connectivity index (χ0) is 24.5. The number of halogens is 3. The molecule has 0 saturated carbocycles. The molecule has 5 rings (SSSR count). The summed E-state index contributed by atoms with van der Waals surface area (Å²) >= 11 is 11.7.